The van der Waals surface area contributed by atoms with Gasteiger partial charge >= 0.3 is 7.05 Å². The van der Waals surface area contributed by atoms with Crippen molar-refractivity contribution in [3.63, 3.8) is 0 Å². The smallest absolute Gasteiger partial charge is 0.376 e. The zero-order valence-corrected chi connectivity index (χ0v) is 21.7. The Morgan fingerprint density at radius 3 is 1.59 bits per heavy atom. The first-order valence-electron chi connectivity index (χ1n) is 11.6. The van der Waals surface area contributed by atoms with E-state index in [4.69, 9.17) is 0 Å². The van der Waals surface area contributed by atoms with Crippen LogP contribution in [0.1, 0.15) is 46.4 Å². The van der Waals surface area contributed by atoms with Crippen LogP contribution in [-0.2, 0) is 0 Å². The van der Waals surface area contributed by atoms with Crippen molar-refractivity contribution in [1.29, 1.82) is 0 Å². The first kappa shape index (κ1) is 28.6. The zero-order valence-electron chi connectivity index (χ0n) is 19.4. The Bertz CT molecular complexity index is 915. The van der Waals surface area contributed by atoms with E-state index >= 15 is 0 Å². The number of benzene rings is 2. The fourth-order valence-corrected chi connectivity index (χ4v) is 4.32. The highest BCUT2D eigenvalue weighted by Gasteiger charge is 2.28. The van der Waals surface area contributed by atoms with E-state index in [9.17, 15) is 23.4 Å². The molecule has 0 atom stereocenters. The Labute approximate surface area is 217 Å². The lowest BCUT2D eigenvalue weighted by Gasteiger charge is -2.31. The first-order valence-corrected chi connectivity index (χ1v) is 11.6. The topological polar surface area (TPSA) is 69.6 Å². The molecule has 4 rings (SSSR count). The number of rotatable bonds is 5. The van der Waals surface area contributed by atoms with Crippen molar-refractivity contribution in [2.75, 3.05) is 26.2 Å². The largest absolute Gasteiger partial charge is 0.437 e. The van der Waals surface area contributed by atoms with Crippen LogP contribution < -0.4 is 5.32 Å². The van der Waals surface area contributed by atoms with Crippen LogP contribution in [0.2, 0.25) is 6.82 Å². The molecule has 2 aromatic carbocycles. The summed E-state index contributed by atoms with van der Waals surface area (Å²) in [6, 6.07) is 11.5. The van der Waals surface area contributed by atoms with Gasteiger partial charge in [0.2, 0.25) is 0 Å². The standard InChI is InChI=1S/C13H17BFNO2.C12H14FNO.HI/c1-14(18)16-8-6-11(7-9-16)13(17)10-2-4-12(15)5-3-10;13-11-3-1-9(2-4-11)12(15)10-5-7-14-8-6-10;/h2-5,11,18H,6-9H2,1H3;1-4,10,14H,5-8H2;1H. The Balaban J connectivity index is 0.000000237. The lowest BCUT2D eigenvalue weighted by Crippen LogP contribution is -2.44. The number of hydrogen-bond acceptors (Lipinski definition) is 5. The second-order valence-corrected chi connectivity index (χ2v) is 8.71. The van der Waals surface area contributed by atoms with Gasteiger partial charge in [-0.05, 0) is 107 Å². The number of carbonyl (C=O) groups is 2. The van der Waals surface area contributed by atoms with E-state index in [1.807, 2.05) is 4.81 Å². The van der Waals surface area contributed by atoms with Crippen molar-refractivity contribution in [1.82, 2.24) is 10.1 Å². The van der Waals surface area contributed by atoms with Gasteiger partial charge in [0.25, 0.3) is 0 Å². The van der Waals surface area contributed by atoms with E-state index in [0.717, 1.165) is 51.9 Å². The second-order valence-electron chi connectivity index (χ2n) is 8.71. The number of Topliss-reactive ketones (excluding diaryl/α,β-unsaturated/α-hetero) is 2. The number of nitrogens with one attached hydrogen (secondary N) is 1. The molecule has 0 unspecified atom stereocenters. The van der Waals surface area contributed by atoms with Crippen LogP contribution in [0, 0.1) is 23.5 Å². The van der Waals surface area contributed by atoms with Crippen molar-refractivity contribution >= 4 is 42.6 Å². The number of hydrogen-bond donors (Lipinski definition) is 2. The number of ketones is 2. The average Bonchev–Trinajstić information content (AvgIpc) is 2.85. The molecule has 2 aliphatic rings. The van der Waals surface area contributed by atoms with E-state index in [2.05, 4.69) is 5.32 Å². The van der Waals surface area contributed by atoms with Crippen molar-refractivity contribution in [3.8, 4) is 0 Å². The van der Waals surface area contributed by atoms with Gasteiger partial charge in [0.05, 0.1) is 0 Å². The molecule has 0 aliphatic carbocycles. The lowest BCUT2D eigenvalue weighted by molar-refractivity contribution is 0.0868. The normalized spacial score (nSPS) is 17.2. The predicted octanol–water partition coefficient (Wildman–Crippen LogP) is 4.46. The molecule has 0 saturated carbocycles. The molecule has 2 fully saturated rings. The fourth-order valence-electron chi connectivity index (χ4n) is 4.32. The van der Waals surface area contributed by atoms with Gasteiger partial charge in [0.1, 0.15) is 11.6 Å². The third-order valence-corrected chi connectivity index (χ3v) is 6.40. The van der Waals surface area contributed by atoms with E-state index < -0.39 is 7.05 Å². The summed E-state index contributed by atoms with van der Waals surface area (Å²) >= 11 is 0. The summed E-state index contributed by atoms with van der Waals surface area (Å²) in [7, 11) is -0.452. The summed E-state index contributed by atoms with van der Waals surface area (Å²) in [5.41, 5.74) is 1.20. The minimum atomic E-state index is -0.452. The Morgan fingerprint density at radius 2 is 1.21 bits per heavy atom. The van der Waals surface area contributed by atoms with Crippen LogP contribution in [-0.4, -0.2) is 54.6 Å². The van der Waals surface area contributed by atoms with Crippen LogP contribution in [0.4, 0.5) is 8.78 Å². The molecule has 0 aromatic heterocycles. The number of halogens is 3. The highest BCUT2D eigenvalue weighted by atomic mass is 127. The van der Waals surface area contributed by atoms with Crippen LogP contribution >= 0.6 is 24.0 Å². The molecule has 184 valence electrons. The summed E-state index contributed by atoms with van der Waals surface area (Å²) < 4.78 is 25.5. The molecule has 34 heavy (non-hydrogen) atoms. The van der Waals surface area contributed by atoms with Gasteiger partial charge in [-0.15, -0.1) is 24.0 Å². The maximum atomic E-state index is 12.8. The summed E-state index contributed by atoms with van der Waals surface area (Å²) in [6.07, 6.45) is 3.27. The van der Waals surface area contributed by atoms with Gasteiger partial charge in [-0.2, -0.15) is 0 Å². The van der Waals surface area contributed by atoms with Crippen molar-refractivity contribution in [3.05, 3.63) is 71.3 Å². The summed E-state index contributed by atoms with van der Waals surface area (Å²) in [4.78, 5) is 26.1. The van der Waals surface area contributed by atoms with Crippen molar-refractivity contribution in [2.24, 2.45) is 11.8 Å². The van der Waals surface area contributed by atoms with Crippen LogP contribution in [0.5, 0.6) is 0 Å². The van der Waals surface area contributed by atoms with Gasteiger partial charge in [-0.25, -0.2) is 8.78 Å². The zero-order chi connectivity index (χ0) is 23.8. The van der Waals surface area contributed by atoms with Crippen molar-refractivity contribution < 1.29 is 23.4 Å². The van der Waals surface area contributed by atoms with Crippen LogP contribution in [0.25, 0.3) is 0 Å². The highest BCUT2D eigenvalue weighted by molar-refractivity contribution is 14.0. The minimum absolute atomic E-state index is 0. The van der Waals surface area contributed by atoms with Gasteiger partial charge in [-0.1, -0.05) is 0 Å². The maximum Gasteiger partial charge on any atom is 0.376 e. The van der Waals surface area contributed by atoms with Crippen LogP contribution in [0.15, 0.2) is 48.5 Å². The van der Waals surface area contributed by atoms with Gasteiger partial charge in [-0.3, -0.25) is 9.59 Å². The summed E-state index contributed by atoms with van der Waals surface area (Å²) in [5.74, 6) is -0.286. The molecule has 0 amide bonds. The Morgan fingerprint density at radius 1 is 0.824 bits per heavy atom. The summed E-state index contributed by atoms with van der Waals surface area (Å²) in [6.45, 7) is 5.00. The fraction of sp³-hybridized carbons (Fsp3) is 0.440. The highest BCUT2D eigenvalue weighted by Crippen LogP contribution is 2.22. The van der Waals surface area contributed by atoms with Gasteiger partial charge < -0.3 is 15.2 Å². The third kappa shape index (κ3) is 8.21. The number of nitrogens with zero attached hydrogens (tertiary/aromatic N) is 1. The maximum absolute atomic E-state index is 12.8. The quantitative estimate of drug-likeness (QED) is 0.309. The predicted molar refractivity (Wildman–Crippen MR) is 141 cm³/mol. The van der Waals surface area contributed by atoms with E-state index in [-0.39, 0.29) is 59.0 Å². The molecule has 2 heterocycles. The lowest BCUT2D eigenvalue weighted by atomic mass is 9.79. The molecular formula is C25H32BF2IN2O3. The molecule has 2 saturated heterocycles. The average molecular weight is 584 g/mol. The molecular weight excluding hydrogens is 552 g/mol. The monoisotopic (exact) mass is 584 g/mol. The number of piperidine rings is 2. The molecule has 5 nitrogen and oxygen atoms in total. The molecule has 2 aromatic rings. The van der Waals surface area contributed by atoms with E-state index in [1.54, 1.807) is 31.1 Å². The molecule has 0 spiro atoms. The van der Waals surface area contributed by atoms with Gasteiger partial charge in [0, 0.05) is 23.0 Å². The molecule has 9 heteroatoms. The Kier molecular flexibility index (Phi) is 11.8. The third-order valence-electron chi connectivity index (χ3n) is 6.40. The molecule has 0 radical (unpaired) electrons. The van der Waals surface area contributed by atoms with E-state index in [0.29, 0.717) is 11.1 Å². The number of carbonyl (C=O) groups excluding carboxylic acids is 2. The molecule has 0 bridgehead atoms. The van der Waals surface area contributed by atoms with Crippen molar-refractivity contribution in [2.45, 2.75) is 32.5 Å². The van der Waals surface area contributed by atoms with Crippen LogP contribution in [0.3, 0.4) is 0 Å². The van der Waals surface area contributed by atoms with Gasteiger partial charge in [0.15, 0.2) is 11.6 Å². The van der Waals surface area contributed by atoms with E-state index in [1.165, 1.54) is 24.3 Å². The first-order chi connectivity index (χ1) is 15.8. The second kappa shape index (κ2) is 14.0. The minimum Gasteiger partial charge on any atom is -0.437 e. The SMILES string of the molecule is CB(O)N1CCC(C(=O)c2ccc(F)cc2)CC1.I.O=C(c1ccc(F)cc1)C1CCNCC1. The molecule has 2 N–H and O–H groups in total. The summed E-state index contributed by atoms with van der Waals surface area (Å²) in [5, 5.41) is 12.7. The molecule has 2 aliphatic heterocycles. The Hall–Kier alpha value is -1.69.